The van der Waals surface area contributed by atoms with Gasteiger partial charge in [-0.25, -0.2) is 0 Å². The van der Waals surface area contributed by atoms with Gasteiger partial charge in [-0.15, -0.1) is 0 Å². The second kappa shape index (κ2) is 3.90. The molecule has 0 spiro atoms. The first-order valence-electron chi connectivity index (χ1n) is 5.52. The maximum Gasteiger partial charge on any atom is 0.127 e. The van der Waals surface area contributed by atoms with Crippen LogP contribution in [0.1, 0.15) is 5.56 Å². The van der Waals surface area contributed by atoms with Gasteiger partial charge in [0.1, 0.15) is 19.2 Å². The highest BCUT2D eigenvalue weighted by Crippen LogP contribution is 2.21. The number of rotatable bonds is 2. The SMILES string of the molecule is Cc1c(-c2ccccc2)noc1[Si](C)(C)C. The Balaban J connectivity index is 2.50. The first kappa shape index (κ1) is 11.1. The van der Waals surface area contributed by atoms with Crippen LogP contribution in [-0.4, -0.2) is 13.2 Å². The van der Waals surface area contributed by atoms with Crippen LogP contribution in [0.5, 0.6) is 0 Å². The monoisotopic (exact) mass is 231 g/mol. The Morgan fingerprint density at radius 3 is 2.19 bits per heavy atom. The molecule has 0 unspecified atom stereocenters. The van der Waals surface area contributed by atoms with Gasteiger partial charge in [0.05, 0.1) is 0 Å². The lowest BCUT2D eigenvalue weighted by Gasteiger charge is -2.11. The number of nitrogens with zero attached hydrogens (tertiary/aromatic N) is 1. The summed E-state index contributed by atoms with van der Waals surface area (Å²) in [6.07, 6.45) is 0. The van der Waals surface area contributed by atoms with Crippen LogP contribution in [0.2, 0.25) is 19.6 Å². The quantitative estimate of drug-likeness (QED) is 0.742. The zero-order valence-electron chi connectivity index (χ0n) is 10.2. The summed E-state index contributed by atoms with van der Waals surface area (Å²) < 4.78 is 5.53. The van der Waals surface area contributed by atoms with Crippen molar-refractivity contribution in [2.24, 2.45) is 0 Å². The van der Waals surface area contributed by atoms with Gasteiger partial charge in [-0.1, -0.05) is 55.1 Å². The summed E-state index contributed by atoms with van der Waals surface area (Å²) in [7, 11) is -1.42. The van der Waals surface area contributed by atoms with Crippen molar-refractivity contribution in [3.8, 4) is 11.3 Å². The molecular formula is C13H17NOSi. The van der Waals surface area contributed by atoms with Gasteiger partial charge in [0.15, 0.2) is 0 Å². The number of hydrogen-bond acceptors (Lipinski definition) is 2. The lowest BCUT2D eigenvalue weighted by Crippen LogP contribution is -2.38. The van der Waals surface area contributed by atoms with E-state index in [1.165, 1.54) is 5.56 Å². The molecule has 0 fully saturated rings. The molecule has 1 aromatic carbocycles. The molecule has 0 bridgehead atoms. The van der Waals surface area contributed by atoms with E-state index in [0.29, 0.717) is 0 Å². The molecule has 1 aromatic heterocycles. The highest BCUT2D eigenvalue weighted by Gasteiger charge is 2.26. The van der Waals surface area contributed by atoms with Crippen molar-refractivity contribution < 1.29 is 4.52 Å². The van der Waals surface area contributed by atoms with Crippen LogP contribution in [-0.2, 0) is 0 Å². The fourth-order valence-corrected chi connectivity index (χ4v) is 3.46. The van der Waals surface area contributed by atoms with Gasteiger partial charge in [-0.2, -0.15) is 0 Å². The number of aromatic nitrogens is 1. The van der Waals surface area contributed by atoms with E-state index in [1.54, 1.807) is 0 Å². The smallest absolute Gasteiger partial charge is 0.127 e. The second-order valence-electron chi connectivity index (χ2n) is 5.10. The topological polar surface area (TPSA) is 26.0 Å². The Labute approximate surface area is 97.3 Å². The van der Waals surface area contributed by atoms with Crippen LogP contribution in [0.3, 0.4) is 0 Å². The van der Waals surface area contributed by atoms with E-state index in [2.05, 4.69) is 43.9 Å². The maximum atomic E-state index is 5.53. The Kier molecular flexibility index (Phi) is 2.72. The summed E-state index contributed by atoms with van der Waals surface area (Å²) in [6, 6.07) is 10.2. The molecule has 0 saturated carbocycles. The zero-order chi connectivity index (χ0) is 11.8. The molecular weight excluding hydrogens is 214 g/mol. The highest BCUT2D eigenvalue weighted by atomic mass is 28.3. The fraction of sp³-hybridized carbons (Fsp3) is 0.308. The molecule has 2 aromatic rings. The average Bonchev–Trinajstić information content (AvgIpc) is 2.61. The van der Waals surface area contributed by atoms with Gasteiger partial charge in [-0.05, 0) is 6.92 Å². The van der Waals surface area contributed by atoms with Crippen LogP contribution >= 0.6 is 0 Å². The van der Waals surface area contributed by atoms with Gasteiger partial charge < -0.3 is 4.52 Å². The molecule has 1 heterocycles. The molecule has 0 radical (unpaired) electrons. The van der Waals surface area contributed by atoms with Gasteiger partial charge in [0.2, 0.25) is 0 Å². The van der Waals surface area contributed by atoms with Crippen molar-refractivity contribution in [1.29, 1.82) is 0 Å². The number of benzene rings is 1. The minimum atomic E-state index is -1.42. The molecule has 0 aliphatic rings. The Morgan fingerprint density at radius 1 is 1.06 bits per heavy atom. The Morgan fingerprint density at radius 2 is 1.69 bits per heavy atom. The van der Waals surface area contributed by atoms with E-state index in [9.17, 15) is 0 Å². The molecule has 3 heteroatoms. The molecule has 0 N–H and O–H groups in total. The second-order valence-corrected chi connectivity index (χ2v) is 10.1. The van der Waals surface area contributed by atoms with Gasteiger partial charge in [0.25, 0.3) is 0 Å². The lowest BCUT2D eigenvalue weighted by atomic mass is 10.1. The summed E-state index contributed by atoms with van der Waals surface area (Å²) in [5.74, 6) is 0. The molecule has 0 atom stereocenters. The van der Waals surface area contributed by atoms with E-state index in [0.717, 1.165) is 16.6 Å². The van der Waals surface area contributed by atoms with Crippen molar-refractivity contribution in [1.82, 2.24) is 5.16 Å². The first-order chi connectivity index (χ1) is 7.50. The van der Waals surface area contributed by atoms with Crippen molar-refractivity contribution in [3.63, 3.8) is 0 Å². The third-order valence-electron chi connectivity index (χ3n) is 2.65. The Bertz CT molecular complexity index is 482. The molecule has 16 heavy (non-hydrogen) atoms. The Hall–Kier alpha value is -1.35. The third kappa shape index (κ3) is 1.95. The van der Waals surface area contributed by atoms with Crippen molar-refractivity contribution in [3.05, 3.63) is 35.9 Å². The molecule has 0 amide bonds. The molecule has 84 valence electrons. The van der Waals surface area contributed by atoms with Crippen LogP contribution in [0, 0.1) is 6.92 Å². The van der Waals surface area contributed by atoms with Crippen molar-refractivity contribution >= 4 is 13.5 Å². The van der Waals surface area contributed by atoms with E-state index in [1.807, 2.05) is 18.2 Å². The summed E-state index contributed by atoms with van der Waals surface area (Å²) >= 11 is 0. The molecule has 2 nitrogen and oxygen atoms in total. The highest BCUT2D eigenvalue weighted by molar-refractivity contribution is 6.88. The first-order valence-corrected chi connectivity index (χ1v) is 9.02. The molecule has 0 saturated heterocycles. The normalized spacial score (nSPS) is 11.8. The largest absolute Gasteiger partial charge is 0.366 e. The third-order valence-corrected chi connectivity index (χ3v) is 4.48. The molecule has 0 aliphatic heterocycles. The molecule has 2 rings (SSSR count). The fourth-order valence-electron chi connectivity index (χ4n) is 1.90. The van der Waals surface area contributed by atoms with E-state index >= 15 is 0 Å². The van der Waals surface area contributed by atoms with Gasteiger partial charge >= 0.3 is 0 Å². The van der Waals surface area contributed by atoms with E-state index in [4.69, 9.17) is 4.52 Å². The van der Waals surface area contributed by atoms with Crippen LogP contribution in [0.4, 0.5) is 0 Å². The standard InChI is InChI=1S/C13H17NOSi/c1-10-12(11-8-6-5-7-9-11)14-15-13(10)16(2,3)4/h5-9H,1-4H3. The predicted octanol–water partition coefficient (Wildman–Crippen LogP) is 3.20. The van der Waals surface area contributed by atoms with Crippen molar-refractivity contribution in [2.75, 3.05) is 0 Å². The number of hydrogen-bond donors (Lipinski definition) is 0. The predicted molar refractivity (Wildman–Crippen MR) is 69.7 cm³/mol. The van der Waals surface area contributed by atoms with Crippen LogP contribution < -0.4 is 5.38 Å². The van der Waals surface area contributed by atoms with Gasteiger partial charge in [-0.3, -0.25) is 0 Å². The summed E-state index contributed by atoms with van der Waals surface area (Å²) in [5.41, 5.74) is 3.32. The maximum absolute atomic E-state index is 5.53. The molecule has 0 aliphatic carbocycles. The lowest BCUT2D eigenvalue weighted by molar-refractivity contribution is 0.446. The van der Waals surface area contributed by atoms with E-state index < -0.39 is 8.07 Å². The average molecular weight is 231 g/mol. The minimum Gasteiger partial charge on any atom is -0.366 e. The summed E-state index contributed by atoms with van der Waals surface area (Å²) in [6.45, 7) is 8.92. The van der Waals surface area contributed by atoms with Crippen LogP contribution in [0.15, 0.2) is 34.9 Å². The minimum absolute atomic E-state index is 0.984. The van der Waals surface area contributed by atoms with Gasteiger partial charge in [0, 0.05) is 11.1 Å². The zero-order valence-corrected chi connectivity index (χ0v) is 11.2. The van der Waals surface area contributed by atoms with Crippen LogP contribution in [0.25, 0.3) is 11.3 Å². The summed E-state index contributed by atoms with van der Waals surface area (Å²) in [4.78, 5) is 0. The van der Waals surface area contributed by atoms with E-state index in [-0.39, 0.29) is 0 Å². The van der Waals surface area contributed by atoms with Crippen molar-refractivity contribution in [2.45, 2.75) is 26.6 Å². The summed E-state index contributed by atoms with van der Waals surface area (Å²) in [5, 5.41) is 5.32.